The van der Waals surface area contributed by atoms with Crippen molar-refractivity contribution in [3.8, 4) is 0 Å². The van der Waals surface area contributed by atoms with Gasteiger partial charge in [-0.05, 0) is 50.1 Å². The van der Waals surface area contributed by atoms with Crippen molar-refractivity contribution in [2.45, 2.75) is 44.1 Å². The summed E-state index contributed by atoms with van der Waals surface area (Å²) >= 11 is 1.67. The van der Waals surface area contributed by atoms with E-state index in [1.807, 2.05) is 12.1 Å². The largest absolute Gasteiger partial charge is 0.465 e. The molecule has 2 aromatic heterocycles. The van der Waals surface area contributed by atoms with Gasteiger partial charge in [-0.3, -0.25) is 4.79 Å². The lowest BCUT2D eigenvalue weighted by molar-refractivity contribution is -0.116. The van der Waals surface area contributed by atoms with E-state index in [0.29, 0.717) is 12.3 Å². The molecule has 0 aliphatic heterocycles. The predicted molar refractivity (Wildman–Crippen MR) is 95.9 cm³/mol. The van der Waals surface area contributed by atoms with Crippen molar-refractivity contribution in [2.24, 2.45) is 0 Å². The first-order chi connectivity index (χ1) is 11.6. The molecule has 24 heavy (non-hydrogen) atoms. The maximum atomic E-state index is 12.1. The fourth-order valence-electron chi connectivity index (χ4n) is 3.28. The van der Waals surface area contributed by atoms with E-state index in [9.17, 15) is 9.90 Å². The maximum absolute atomic E-state index is 12.1. The molecule has 0 spiro atoms. The Kier molecular flexibility index (Phi) is 5.21. The second kappa shape index (κ2) is 7.36. The van der Waals surface area contributed by atoms with E-state index in [1.54, 1.807) is 36.7 Å². The third kappa shape index (κ3) is 3.79. The fraction of sp³-hybridized carbons (Fsp3) is 0.421. The first kappa shape index (κ1) is 17.0. The van der Waals surface area contributed by atoms with E-state index in [1.165, 1.54) is 23.8 Å². The average molecular weight is 345 g/mol. The van der Waals surface area contributed by atoms with Gasteiger partial charge in [0.25, 0.3) is 0 Å². The van der Waals surface area contributed by atoms with Gasteiger partial charge in [-0.1, -0.05) is 12.8 Å². The highest BCUT2D eigenvalue weighted by Crippen LogP contribution is 2.44. The number of aliphatic hydroxyl groups is 1. The van der Waals surface area contributed by atoms with Crippen molar-refractivity contribution in [2.75, 3.05) is 6.54 Å². The number of furan rings is 1. The molecule has 2 aromatic rings. The van der Waals surface area contributed by atoms with Crippen molar-refractivity contribution >= 4 is 23.3 Å². The molecule has 5 heteroatoms. The van der Waals surface area contributed by atoms with Crippen LogP contribution in [-0.4, -0.2) is 17.6 Å². The zero-order chi connectivity index (χ0) is 17.0. The Hall–Kier alpha value is -1.85. The highest BCUT2D eigenvalue weighted by Gasteiger charge is 2.37. The van der Waals surface area contributed by atoms with Crippen molar-refractivity contribution in [3.63, 3.8) is 0 Å². The van der Waals surface area contributed by atoms with Crippen LogP contribution in [0.15, 0.2) is 41.0 Å². The smallest absolute Gasteiger partial charge is 0.244 e. The monoisotopic (exact) mass is 345 g/mol. The number of nitrogens with one attached hydrogen (secondary N) is 1. The van der Waals surface area contributed by atoms with Gasteiger partial charge in [-0.25, -0.2) is 0 Å². The van der Waals surface area contributed by atoms with Gasteiger partial charge in [0.2, 0.25) is 5.91 Å². The Balaban J connectivity index is 1.66. The molecule has 0 saturated heterocycles. The molecule has 3 rings (SSSR count). The summed E-state index contributed by atoms with van der Waals surface area (Å²) in [5.41, 5.74) is 0.00594. The summed E-state index contributed by atoms with van der Waals surface area (Å²) < 4.78 is 5.19. The van der Waals surface area contributed by atoms with Crippen molar-refractivity contribution in [1.82, 2.24) is 5.32 Å². The predicted octanol–water partition coefficient (Wildman–Crippen LogP) is 4.04. The second-order valence-corrected chi connectivity index (χ2v) is 7.55. The summed E-state index contributed by atoms with van der Waals surface area (Å²) in [5, 5.41) is 12.8. The number of thiophene rings is 1. The number of hydrogen-bond donors (Lipinski definition) is 2. The number of carbonyl (C=O) groups is 1. The van der Waals surface area contributed by atoms with Crippen LogP contribution in [0.25, 0.3) is 6.08 Å². The number of rotatable bonds is 6. The summed E-state index contributed by atoms with van der Waals surface area (Å²) in [4.78, 5) is 14.4. The number of hydrogen-bond acceptors (Lipinski definition) is 4. The lowest BCUT2D eigenvalue weighted by Crippen LogP contribution is -2.37. The number of carbonyl (C=O) groups excluding carboxylic acids is 1. The normalized spacial score (nSPS) is 18.1. The summed E-state index contributed by atoms with van der Waals surface area (Å²) in [6.45, 7) is 2.42. The SMILES string of the molecule is CC(O)c1ccc(C2(CNC(=O)C=Cc3ccco3)CCCC2)s1. The standard InChI is InChI=1S/C19H23NO3S/c1-14(21)16-7-8-17(24-16)19(10-2-3-11-19)13-20-18(22)9-6-15-5-4-12-23-15/h4-9,12,14,21H,2-3,10-11,13H2,1H3,(H,20,22). The van der Waals surface area contributed by atoms with Crippen molar-refractivity contribution < 1.29 is 14.3 Å². The quantitative estimate of drug-likeness (QED) is 0.777. The molecule has 2 heterocycles. The van der Waals surface area contributed by atoms with Crippen LogP contribution in [0.2, 0.25) is 0 Å². The summed E-state index contributed by atoms with van der Waals surface area (Å²) in [5.74, 6) is 0.561. The molecule has 1 fully saturated rings. The summed E-state index contributed by atoms with van der Waals surface area (Å²) in [7, 11) is 0. The topological polar surface area (TPSA) is 62.5 Å². The second-order valence-electron chi connectivity index (χ2n) is 6.43. The average Bonchev–Trinajstić information content (AvgIpc) is 3.32. The molecule has 1 saturated carbocycles. The molecule has 1 atom stereocenters. The van der Waals surface area contributed by atoms with Crippen LogP contribution in [0.5, 0.6) is 0 Å². The molecule has 0 radical (unpaired) electrons. The molecule has 1 amide bonds. The van der Waals surface area contributed by atoms with Gasteiger partial charge in [-0.15, -0.1) is 11.3 Å². The van der Waals surface area contributed by atoms with Gasteiger partial charge in [0.05, 0.1) is 12.4 Å². The Morgan fingerprint density at radius 3 is 2.83 bits per heavy atom. The van der Waals surface area contributed by atoms with Crippen molar-refractivity contribution in [3.05, 3.63) is 52.1 Å². The van der Waals surface area contributed by atoms with Crippen molar-refractivity contribution in [1.29, 1.82) is 0 Å². The maximum Gasteiger partial charge on any atom is 0.244 e. The molecule has 1 aliphatic rings. The molecule has 1 aliphatic carbocycles. The van der Waals surface area contributed by atoms with E-state index in [-0.39, 0.29) is 11.3 Å². The Morgan fingerprint density at radius 2 is 2.21 bits per heavy atom. The minimum Gasteiger partial charge on any atom is -0.465 e. The van der Waals surface area contributed by atoms with Crippen LogP contribution < -0.4 is 5.32 Å². The van der Waals surface area contributed by atoms with E-state index < -0.39 is 6.10 Å². The summed E-state index contributed by atoms with van der Waals surface area (Å²) in [6.07, 6.45) is 8.85. The first-order valence-electron chi connectivity index (χ1n) is 8.37. The lowest BCUT2D eigenvalue weighted by atomic mass is 9.84. The van der Waals surface area contributed by atoms with Gasteiger partial charge in [0.15, 0.2) is 0 Å². The highest BCUT2D eigenvalue weighted by atomic mass is 32.1. The Labute approximate surface area is 146 Å². The zero-order valence-corrected chi connectivity index (χ0v) is 14.6. The van der Waals surface area contributed by atoms with Crippen LogP contribution in [0.1, 0.15) is 54.2 Å². The molecule has 4 nitrogen and oxygen atoms in total. The molecular formula is C19H23NO3S. The van der Waals surface area contributed by atoms with Crippen LogP contribution in [-0.2, 0) is 10.2 Å². The third-order valence-corrected chi connectivity index (χ3v) is 6.17. The van der Waals surface area contributed by atoms with Gasteiger partial charge >= 0.3 is 0 Å². The van der Waals surface area contributed by atoms with Crippen LogP contribution in [0, 0.1) is 0 Å². The van der Waals surface area contributed by atoms with E-state index >= 15 is 0 Å². The van der Waals surface area contributed by atoms with E-state index in [4.69, 9.17) is 4.42 Å². The Morgan fingerprint density at radius 1 is 1.42 bits per heavy atom. The number of amides is 1. The summed E-state index contributed by atoms with van der Waals surface area (Å²) in [6, 6.07) is 7.72. The molecule has 1 unspecified atom stereocenters. The molecule has 2 N–H and O–H groups in total. The molecule has 128 valence electrons. The van der Waals surface area contributed by atoms with Gasteiger partial charge in [-0.2, -0.15) is 0 Å². The Bertz CT molecular complexity index is 694. The first-order valence-corrected chi connectivity index (χ1v) is 9.18. The fourth-order valence-corrected chi connectivity index (χ4v) is 4.47. The van der Waals surface area contributed by atoms with E-state index in [2.05, 4.69) is 11.4 Å². The molecule has 0 aromatic carbocycles. The highest BCUT2D eigenvalue weighted by molar-refractivity contribution is 7.12. The zero-order valence-electron chi connectivity index (χ0n) is 13.8. The van der Waals surface area contributed by atoms with Gasteiger partial charge in [0.1, 0.15) is 5.76 Å². The van der Waals surface area contributed by atoms with Crippen LogP contribution in [0.3, 0.4) is 0 Å². The van der Waals surface area contributed by atoms with E-state index in [0.717, 1.165) is 17.7 Å². The van der Waals surface area contributed by atoms with Crippen LogP contribution >= 0.6 is 11.3 Å². The number of aliphatic hydroxyl groups excluding tert-OH is 1. The molecule has 0 bridgehead atoms. The van der Waals surface area contributed by atoms with Gasteiger partial charge < -0.3 is 14.8 Å². The molecular weight excluding hydrogens is 322 g/mol. The third-order valence-electron chi connectivity index (χ3n) is 4.67. The minimum atomic E-state index is -0.437. The minimum absolute atomic E-state index is 0.00594. The lowest BCUT2D eigenvalue weighted by Gasteiger charge is -2.28. The van der Waals surface area contributed by atoms with Gasteiger partial charge in [0, 0.05) is 27.8 Å². The van der Waals surface area contributed by atoms with Crippen LogP contribution in [0.4, 0.5) is 0 Å².